The highest BCUT2D eigenvalue weighted by Crippen LogP contribution is 2.44. The van der Waals surface area contributed by atoms with Gasteiger partial charge in [0.1, 0.15) is 11.8 Å². The average Bonchev–Trinajstić information content (AvgIpc) is 3.47. The number of aromatic hydroxyl groups is 1. The zero-order valence-electron chi connectivity index (χ0n) is 29.9. The molecule has 51 heavy (non-hydrogen) atoms. The molecule has 9 heteroatoms. The quantitative estimate of drug-likeness (QED) is 0.294. The molecule has 3 fully saturated rings. The van der Waals surface area contributed by atoms with Gasteiger partial charge in [-0.05, 0) is 115 Å². The number of nitrogens with one attached hydrogen (secondary N) is 1. The number of phenols is 1. The molecule has 3 amide bonds. The van der Waals surface area contributed by atoms with E-state index in [0.717, 1.165) is 63.5 Å². The van der Waals surface area contributed by atoms with E-state index in [-0.39, 0.29) is 24.1 Å². The van der Waals surface area contributed by atoms with Gasteiger partial charge < -0.3 is 19.8 Å². The van der Waals surface area contributed by atoms with Crippen LogP contribution >= 0.6 is 0 Å². The first-order valence-corrected chi connectivity index (χ1v) is 19.3. The maximum Gasteiger partial charge on any atom is 0.255 e. The summed E-state index contributed by atoms with van der Waals surface area (Å²) in [7, 11) is 0. The van der Waals surface area contributed by atoms with E-state index in [1.165, 1.54) is 54.5 Å². The van der Waals surface area contributed by atoms with E-state index in [0.29, 0.717) is 42.0 Å². The minimum absolute atomic E-state index is 0.118. The normalized spacial score (nSPS) is 24.5. The largest absolute Gasteiger partial charge is 0.508 e. The number of hydrogen-bond acceptors (Lipinski definition) is 7. The van der Waals surface area contributed by atoms with Gasteiger partial charge in [-0.15, -0.1) is 0 Å². The Kier molecular flexibility index (Phi) is 9.49. The smallest absolute Gasteiger partial charge is 0.255 e. The molecule has 0 spiro atoms. The lowest BCUT2D eigenvalue weighted by Gasteiger charge is -2.40. The predicted molar refractivity (Wildman–Crippen MR) is 199 cm³/mol. The summed E-state index contributed by atoms with van der Waals surface area (Å²) < 4.78 is 0. The first kappa shape index (κ1) is 33.8. The van der Waals surface area contributed by atoms with Crippen LogP contribution < -0.4 is 15.1 Å². The lowest BCUT2D eigenvalue weighted by Crippen LogP contribution is -2.52. The summed E-state index contributed by atoms with van der Waals surface area (Å²) in [5.41, 5.74) is 8.21. The number of amides is 3. The van der Waals surface area contributed by atoms with Gasteiger partial charge in [-0.3, -0.25) is 24.6 Å². The molecule has 3 atom stereocenters. The van der Waals surface area contributed by atoms with Crippen molar-refractivity contribution in [1.29, 1.82) is 0 Å². The third-order valence-electron chi connectivity index (χ3n) is 12.4. The van der Waals surface area contributed by atoms with Crippen LogP contribution in [0, 0.1) is 11.8 Å². The molecular formula is C42H51N5O4. The molecule has 3 saturated heterocycles. The topological polar surface area (TPSA) is 96.4 Å². The molecule has 268 valence electrons. The predicted octanol–water partition coefficient (Wildman–Crippen LogP) is 5.69. The summed E-state index contributed by atoms with van der Waals surface area (Å²) >= 11 is 0. The number of benzene rings is 3. The second-order valence-electron chi connectivity index (χ2n) is 15.5. The molecule has 0 bridgehead atoms. The lowest BCUT2D eigenvalue weighted by molar-refractivity contribution is -0.136. The Labute approximate surface area is 301 Å². The van der Waals surface area contributed by atoms with Crippen molar-refractivity contribution in [1.82, 2.24) is 15.1 Å². The van der Waals surface area contributed by atoms with Crippen molar-refractivity contribution in [3.8, 4) is 5.75 Å². The molecular weight excluding hydrogens is 638 g/mol. The molecule has 0 unspecified atom stereocenters. The summed E-state index contributed by atoms with van der Waals surface area (Å²) in [6, 6.07) is 20.9. The first-order valence-electron chi connectivity index (χ1n) is 19.3. The molecule has 3 aromatic rings. The van der Waals surface area contributed by atoms with Crippen LogP contribution in [0.4, 0.5) is 11.4 Å². The minimum Gasteiger partial charge on any atom is -0.508 e. The molecule has 8 rings (SSSR count). The van der Waals surface area contributed by atoms with Gasteiger partial charge in [0, 0.05) is 81.6 Å². The molecule has 2 N–H and O–H groups in total. The maximum atomic E-state index is 13.1. The molecule has 3 aromatic carbocycles. The zero-order valence-corrected chi connectivity index (χ0v) is 29.9. The van der Waals surface area contributed by atoms with Crippen LogP contribution in [0.15, 0.2) is 60.7 Å². The zero-order chi connectivity index (χ0) is 35.1. The van der Waals surface area contributed by atoms with Crippen LogP contribution in [-0.4, -0.2) is 84.5 Å². The van der Waals surface area contributed by atoms with Crippen molar-refractivity contribution in [3.63, 3.8) is 0 Å². The van der Waals surface area contributed by atoms with Crippen LogP contribution in [0.25, 0.3) is 0 Å². The van der Waals surface area contributed by atoms with Gasteiger partial charge in [0.2, 0.25) is 11.8 Å². The van der Waals surface area contributed by atoms with Gasteiger partial charge in [-0.25, -0.2) is 0 Å². The van der Waals surface area contributed by atoms with Gasteiger partial charge in [-0.2, -0.15) is 0 Å². The van der Waals surface area contributed by atoms with Crippen molar-refractivity contribution < 1.29 is 19.5 Å². The number of nitrogens with zero attached hydrogens (tertiary/aromatic N) is 4. The second-order valence-corrected chi connectivity index (χ2v) is 15.5. The van der Waals surface area contributed by atoms with Crippen molar-refractivity contribution in [2.24, 2.45) is 11.8 Å². The number of anilines is 2. The van der Waals surface area contributed by atoms with Gasteiger partial charge >= 0.3 is 0 Å². The monoisotopic (exact) mass is 689 g/mol. The number of fused-ring (bicyclic) bond motifs is 2. The molecule has 9 nitrogen and oxygen atoms in total. The third kappa shape index (κ3) is 6.85. The van der Waals surface area contributed by atoms with Gasteiger partial charge in [0.15, 0.2) is 0 Å². The molecule has 0 aromatic heterocycles. The first-order chi connectivity index (χ1) is 24.8. The minimum atomic E-state index is -0.581. The molecule has 0 saturated carbocycles. The summed E-state index contributed by atoms with van der Waals surface area (Å²) in [6.45, 7) is 10.0. The number of piperazine rings is 1. The fraction of sp³-hybridized carbons (Fsp3) is 0.500. The van der Waals surface area contributed by atoms with Crippen LogP contribution in [-0.2, 0) is 22.6 Å². The van der Waals surface area contributed by atoms with Gasteiger partial charge in [0.05, 0.1) is 0 Å². The number of rotatable bonds is 8. The van der Waals surface area contributed by atoms with Crippen molar-refractivity contribution >= 4 is 29.1 Å². The molecule has 0 radical (unpaired) electrons. The second kappa shape index (κ2) is 14.3. The number of phenolic OH excluding ortho intramolecular Hbond substituents is 1. The lowest BCUT2D eigenvalue weighted by atomic mass is 9.70. The summed E-state index contributed by atoms with van der Waals surface area (Å²) in [5, 5.41) is 12.5. The Morgan fingerprint density at radius 3 is 2.25 bits per heavy atom. The number of carbonyl (C=O) groups is 3. The number of hydrogen-bond donors (Lipinski definition) is 2. The van der Waals surface area contributed by atoms with Crippen molar-refractivity contribution in [2.75, 3.05) is 55.6 Å². The summed E-state index contributed by atoms with van der Waals surface area (Å²) in [6.07, 6.45) is 7.74. The highest BCUT2D eigenvalue weighted by Gasteiger charge is 2.39. The third-order valence-corrected chi connectivity index (χ3v) is 12.4. The maximum absolute atomic E-state index is 13.1. The van der Waals surface area contributed by atoms with E-state index < -0.39 is 6.04 Å². The SMILES string of the molecule is CCC[C@@H]1CCc2cc(O)ccc2[C@@H]1c1ccc(N2CCC(CN3CCN(c4ccc5c(c4)CN([C@@H]4CCC(=O)NC4=O)C5=O)CC3)CC2)cc1. The molecule has 4 heterocycles. The average molecular weight is 690 g/mol. The number of imide groups is 1. The van der Waals surface area contributed by atoms with E-state index in [2.05, 4.69) is 63.3 Å². The van der Waals surface area contributed by atoms with Crippen LogP contribution in [0.1, 0.15) is 90.4 Å². The van der Waals surface area contributed by atoms with Crippen molar-refractivity contribution in [2.45, 2.75) is 76.8 Å². The van der Waals surface area contributed by atoms with E-state index in [4.69, 9.17) is 0 Å². The standard InChI is InChI=1S/C42H51N5O4/c1-2-3-29-4-5-31-25-35(48)11-13-36(31)40(29)30-6-8-33(9-7-30)45-18-16-28(17-19-45)26-44-20-22-46(23-21-44)34-10-12-37-32(24-34)27-47(42(37)51)38-14-15-39(49)43-41(38)50/h6-13,24-25,28-29,38,40,48H,2-5,14-23,26-27H2,1H3,(H,43,49,50)/t29-,38-,40+/m1/s1. The molecule has 1 aliphatic carbocycles. The molecule has 4 aliphatic heterocycles. The number of carbonyl (C=O) groups excluding carboxylic acids is 3. The van der Waals surface area contributed by atoms with E-state index >= 15 is 0 Å². The van der Waals surface area contributed by atoms with Gasteiger partial charge in [0.25, 0.3) is 5.91 Å². The summed E-state index contributed by atoms with van der Waals surface area (Å²) in [5.74, 6) is 1.38. The van der Waals surface area contributed by atoms with Crippen molar-refractivity contribution in [3.05, 3.63) is 88.5 Å². The van der Waals surface area contributed by atoms with Crippen LogP contribution in [0.2, 0.25) is 0 Å². The van der Waals surface area contributed by atoms with E-state index in [1.807, 2.05) is 24.3 Å². The fourth-order valence-corrected chi connectivity index (χ4v) is 9.58. The van der Waals surface area contributed by atoms with Crippen LogP contribution in [0.5, 0.6) is 5.75 Å². The van der Waals surface area contributed by atoms with Gasteiger partial charge in [-0.1, -0.05) is 31.5 Å². The molecule has 5 aliphatic rings. The Bertz CT molecular complexity index is 1780. The Morgan fingerprint density at radius 1 is 0.765 bits per heavy atom. The van der Waals surface area contributed by atoms with E-state index in [1.54, 1.807) is 4.90 Å². The number of piperidine rings is 2. The Balaban J connectivity index is 0.822. The van der Waals surface area contributed by atoms with Crippen LogP contribution in [0.3, 0.4) is 0 Å². The highest BCUT2D eigenvalue weighted by atomic mass is 16.3. The Hall–Kier alpha value is -4.37. The van der Waals surface area contributed by atoms with E-state index in [9.17, 15) is 19.5 Å². The fourth-order valence-electron chi connectivity index (χ4n) is 9.58. The summed E-state index contributed by atoms with van der Waals surface area (Å²) in [4.78, 5) is 46.4. The number of aryl methyl sites for hydroxylation is 1. The highest BCUT2D eigenvalue weighted by molar-refractivity contribution is 6.05. The Morgan fingerprint density at radius 2 is 1.51 bits per heavy atom.